The zero-order chi connectivity index (χ0) is 23.1. The fourth-order valence-electron chi connectivity index (χ4n) is 2.81. The van der Waals surface area contributed by atoms with Gasteiger partial charge in [-0.3, -0.25) is 9.89 Å². The fourth-order valence-corrected chi connectivity index (χ4v) is 3.07. The molecule has 0 aliphatic carbocycles. The van der Waals surface area contributed by atoms with Crippen LogP contribution in [0.15, 0.2) is 24.3 Å². The number of H-pyrrole nitrogens is 1. The second-order valence-electron chi connectivity index (χ2n) is 6.61. The molecule has 3 rings (SSSR count). The Bertz CT molecular complexity index is 1160. The van der Waals surface area contributed by atoms with Gasteiger partial charge in [0.05, 0.1) is 39.5 Å². The number of aryl methyl sites for hydroxylation is 1. The Kier molecular flexibility index (Phi) is 5.92. The molecule has 1 atom stereocenters. The largest absolute Gasteiger partial charge is 0.507 e. The maximum Gasteiger partial charge on any atom is 0.437 e. The number of hydrogen-bond donors (Lipinski definition) is 4. The fraction of sp³-hybridized carbons (Fsp3) is 0.211. The topological polar surface area (TPSA) is 111 Å². The van der Waals surface area contributed by atoms with Crippen molar-refractivity contribution in [1.82, 2.24) is 15.2 Å². The summed E-state index contributed by atoms with van der Waals surface area (Å²) in [4.78, 5) is 16.5. The van der Waals surface area contributed by atoms with Gasteiger partial charge in [-0.05, 0) is 38.1 Å². The van der Waals surface area contributed by atoms with Gasteiger partial charge in [0.15, 0.2) is 5.69 Å². The first-order chi connectivity index (χ1) is 14.4. The number of amides is 1. The summed E-state index contributed by atoms with van der Waals surface area (Å²) in [6.45, 7) is 2.67. The number of carbonyl (C=O) groups excluding carboxylic acids is 1. The maximum absolute atomic E-state index is 14.7. The number of halogens is 5. The zero-order valence-corrected chi connectivity index (χ0v) is 16.7. The molecular formula is C19H15ClF4N4O3. The Morgan fingerprint density at radius 2 is 1.97 bits per heavy atom. The summed E-state index contributed by atoms with van der Waals surface area (Å²) < 4.78 is 53.8. The second-order valence-corrected chi connectivity index (χ2v) is 7.02. The summed E-state index contributed by atoms with van der Waals surface area (Å²) in [5.41, 5.74) is -2.77. The molecule has 1 unspecified atom stereocenters. The van der Waals surface area contributed by atoms with Crippen LogP contribution in [0.3, 0.4) is 0 Å². The molecule has 0 aliphatic rings. The monoisotopic (exact) mass is 458 g/mol. The van der Waals surface area contributed by atoms with Crippen molar-refractivity contribution in [3.63, 3.8) is 0 Å². The van der Waals surface area contributed by atoms with E-state index < -0.39 is 46.7 Å². The number of nitrogens with one attached hydrogen (secondary N) is 2. The van der Waals surface area contributed by atoms with Crippen LogP contribution in [0.5, 0.6) is 5.75 Å². The third kappa shape index (κ3) is 4.47. The zero-order valence-electron chi connectivity index (χ0n) is 16.0. The standard InChI is InChI=1S/C19H15ClF4N4O3/c1-7-15(17(28-27-7)19(22,23)24)26-18(31)10-5-12(21)9(6-14(10)30)13-4-3-11(20)16(25-13)8(2)29/h3-6,8,29-30H,1-2H3,(H,26,31)(H,27,28). The van der Waals surface area contributed by atoms with Gasteiger partial charge in [-0.25, -0.2) is 9.37 Å². The lowest BCUT2D eigenvalue weighted by Gasteiger charge is -2.13. The van der Waals surface area contributed by atoms with Crippen molar-refractivity contribution < 1.29 is 32.6 Å². The van der Waals surface area contributed by atoms with Crippen molar-refractivity contribution in [2.75, 3.05) is 5.32 Å². The highest BCUT2D eigenvalue weighted by Gasteiger charge is 2.38. The molecule has 0 saturated heterocycles. The van der Waals surface area contributed by atoms with Crippen LogP contribution in [0.2, 0.25) is 5.02 Å². The van der Waals surface area contributed by atoms with Crippen LogP contribution in [-0.4, -0.2) is 31.3 Å². The normalized spacial score (nSPS) is 12.6. The number of alkyl halides is 3. The van der Waals surface area contributed by atoms with Gasteiger partial charge in [0, 0.05) is 5.56 Å². The quantitative estimate of drug-likeness (QED) is 0.427. The van der Waals surface area contributed by atoms with Crippen molar-refractivity contribution >= 4 is 23.2 Å². The molecule has 0 fully saturated rings. The summed E-state index contributed by atoms with van der Waals surface area (Å²) in [5, 5.41) is 27.3. The maximum atomic E-state index is 14.7. The SMILES string of the molecule is Cc1[nH]nc(C(F)(F)F)c1NC(=O)c1cc(F)c(-c2ccc(Cl)c(C(C)O)n2)cc1O. The predicted molar refractivity (Wildman–Crippen MR) is 103 cm³/mol. The molecule has 0 aliphatic heterocycles. The van der Waals surface area contributed by atoms with E-state index >= 15 is 0 Å². The number of aliphatic hydroxyl groups excluding tert-OH is 1. The number of hydrogen-bond acceptors (Lipinski definition) is 5. The van der Waals surface area contributed by atoms with Gasteiger partial charge < -0.3 is 15.5 Å². The number of aromatic nitrogens is 3. The minimum atomic E-state index is -4.84. The van der Waals surface area contributed by atoms with Crippen LogP contribution in [0.25, 0.3) is 11.3 Å². The second kappa shape index (κ2) is 8.16. The number of benzene rings is 1. The average molecular weight is 459 g/mol. The predicted octanol–water partition coefficient (Wildman–Crippen LogP) is 4.60. The molecule has 164 valence electrons. The molecule has 12 heteroatoms. The average Bonchev–Trinajstić information content (AvgIpc) is 3.04. The number of rotatable bonds is 4. The first-order valence-electron chi connectivity index (χ1n) is 8.71. The van der Waals surface area contributed by atoms with E-state index in [1.54, 1.807) is 0 Å². The Balaban J connectivity index is 1.98. The lowest BCUT2D eigenvalue weighted by Crippen LogP contribution is -2.17. The molecule has 3 aromatic rings. The van der Waals surface area contributed by atoms with Crippen LogP contribution in [0, 0.1) is 12.7 Å². The van der Waals surface area contributed by atoms with Gasteiger partial charge in [0.25, 0.3) is 5.91 Å². The van der Waals surface area contributed by atoms with E-state index in [4.69, 9.17) is 11.6 Å². The molecule has 2 heterocycles. The molecule has 1 aromatic carbocycles. The molecule has 4 N–H and O–H groups in total. The van der Waals surface area contributed by atoms with Crippen LogP contribution in [-0.2, 0) is 6.18 Å². The minimum Gasteiger partial charge on any atom is -0.507 e. The Morgan fingerprint density at radius 3 is 2.58 bits per heavy atom. The summed E-state index contributed by atoms with van der Waals surface area (Å²) in [6, 6.07) is 4.29. The first-order valence-corrected chi connectivity index (χ1v) is 9.08. The number of phenols is 1. The number of carbonyl (C=O) groups is 1. The van der Waals surface area contributed by atoms with E-state index in [0.29, 0.717) is 6.07 Å². The molecule has 7 nitrogen and oxygen atoms in total. The molecule has 0 saturated carbocycles. The highest BCUT2D eigenvalue weighted by Crippen LogP contribution is 2.36. The Morgan fingerprint density at radius 1 is 1.29 bits per heavy atom. The lowest BCUT2D eigenvalue weighted by atomic mass is 10.0. The van der Waals surface area contributed by atoms with E-state index in [9.17, 15) is 32.6 Å². The summed E-state index contributed by atoms with van der Waals surface area (Å²) in [6.07, 6.45) is -5.89. The van der Waals surface area contributed by atoms with Crippen molar-refractivity contribution in [2.24, 2.45) is 0 Å². The number of aromatic amines is 1. The van der Waals surface area contributed by atoms with Gasteiger partial charge in [-0.1, -0.05) is 11.6 Å². The van der Waals surface area contributed by atoms with E-state index in [-0.39, 0.29) is 27.7 Å². The third-order valence-electron chi connectivity index (χ3n) is 4.33. The van der Waals surface area contributed by atoms with Crippen LogP contribution in [0.4, 0.5) is 23.2 Å². The Labute approximate surface area is 177 Å². The minimum absolute atomic E-state index is 0.0186. The van der Waals surface area contributed by atoms with Crippen molar-refractivity contribution in [2.45, 2.75) is 26.1 Å². The van der Waals surface area contributed by atoms with Crippen molar-refractivity contribution in [3.8, 4) is 17.0 Å². The smallest absolute Gasteiger partial charge is 0.437 e. The number of nitrogens with zero attached hydrogens (tertiary/aromatic N) is 2. The summed E-state index contributed by atoms with van der Waals surface area (Å²) in [7, 11) is 0. The number of pyridine rings is 1. The van der Waals surface area contributed by atoms with Gasteiger partial charge in [-0.2, -0.15) is 18.3 Å². The van der Waals surface area contributed by atoms with Gasteiger partial charge >= 0.3 is 6.18 Å². The van der Waals surface area contributed by atoms with Gasteiger partial charge in [0.1, 0.15) is 11.6 Å². The lowest BCUT2D eigenvalue weighted by molar-refractivity contribution is -0.140. The first kappa shape index (κ1) is 22.5. The summed E-state index contributed by atoms with van der Waals surface area (Å²) >= 11 is 5.94. The summed E-state index contributed by atoms with van der Waals surface area (Å²) in [5.74, 6) is -2.85. The molecule has 31 heavy (non-hydrogen) atoms. The third-order valence-corrected chi connectivity index (χ3v) is 4.65. The molecule has 2 aromatic heterocycles. The Hall–Kier alpha value is -3.18. The van der Waals surface area contributed by atoms with Gasteiger partial charge in [-0.15, -0.1) is 0 Å². The van der Waals surface area contributed by atoms with Crippen LogP contribution >= 0.6 is 11.6 Å². The highest BCUT2D eigenvalue weighted by atomic mass is 35.5. The van der Waals surface area contributed by atoms with Crippen molar-refractivity contribution in [1.29, 1.82) is 0 Å². The van der Waals surface area contributed by atoms with E-state index in [1.165, 1.54) is 26.0 Å². The van der Waals surface area contributed by atoms with Gasteiger partial charge in [0.2, 0.25) is 0 Å². The highest BCUT2D eigenvalue weighted by molar-refractivity contribution is 6.31. The number of aliphatic hydroxyl groups is 1. The van der Waals surface area contributed by atoms with E-state index in [0.717, 1.165) is 6.07 Å². The number of anilines is 1. The van der Waals surface area contributed by atoms with Crippen molar-refractivity contribution in [3.05, 3.63) is 57.8 Å². The van der Waals surface area contributed by atoms with E-state index in [1.807, 2.05) is 5.32 Å². The van der Waals surface area contributed by atoms with Crippen LogP contribution in [0.1, 0.15) is 40.5 Å². The molecule has 0 radical (unpaired) electrons. The molecule has 0 spiro atoms. The molecule has 1 amide bonds. The van der Waals surface area contributed by atoms with Crippen LogP contribution < -0.4 is 5.32 Å². The van der Waals surface area contributed by atoms with E-state index in [2.05, 4.69) is 15.2 Å². The number of aromatic hydroxyl groups is 1. The number of phenolic OH excluding ortho intramolecular Hbond substituents is 1. The molecular weight excluding hydrogens is 444 g/mol. The molecule has 0 bridgehead atoms.